The maximum absolute atomic E-state index is 6.06. The fourth-order valence-corrected chi connectivity index (χ4v) is 3.85. The largest absolute Gasteiger partial charge is 0.382 e. The van der Waals surface area contributed by atoms with Crippen LogP contribution in [0.15, 0.2) is 121 Å². The average Bonchev–Trinajstić information content (AvgIpc) is 2.92. The van der Waals surface area contributed by atoms with Crippen molar-refractivity contribution in [1.82, 2.24) is 0 Å². The van der Waals surface area contributed by atoms with E-state index in [1.165, 1.54) is 22.3 Å². The fraction of sp³-hybridized carbons (Fsp3) is 0.294. The van der Waals surface area contributed by atoms with Gasteiger partial charge in [-0.05, 0) is 62.8 Å². The van der Waals surface area contributed by atoms with Crippen LogP contribution in [-0.2, 0) is 22.3 Å². The molecule has 0 heterocycles. The van der Waals surface area contributed by atoms with Gasteiger partial charge in [-0.25, -0.2) is 0 Å². The number of benzene rings is 4. The predicted molar refractivity (Wildman–Crippen MR) is 154 cm³/mol. The molecule has 0 aliphatic rings. The van der Waals surface area contributed by atoms with Gasteiger partial charge in [-0.3, -0.25) is 0 Å². The summed E-state index contributed by atoms with van der Waals surface area (Å²) in [6.45, 7) is 9.96. The standard InChI is InChI=1S/C18H22O.C12H10.C4H10O/c1-15(13-17-9-5-3-6-10-17)19-16(2)14-18-11-7-4-8-12-18;1-3-7-11(8-4-1)12-9-5-2-6-10-12;1-3-5-4-2/h3-12,15-16H,13-14H2,1-2H3;1-10H;3-4H2,1-2H3. The van der Waals surface area contributed by atoms with E-state index in [0.717, 1.165) is 26.1 Å². The Morgan fingerprint density at radius 1 is 0.472 bits per heavy atom. The van der Waals surface area contributed by atoms with Gasteiger partial charge in [0.2, 0.25) is 0 Å². The minimum absolute atomic E-state index is 0.251. The van der Waals surface area contributed by atoms with Gasteiger partial charge in [0.05, 0.1) is 12.2 Å². The van der Waals surface area contributed by atoms with Crippen LogP contribution in [0.2, 0.25) is 0 Å². The molecule has 4 rings (SSSR count). The monoisotopic (exact) mass is 482 g/mol. The third kappa shape index (κ3) is 12.5. The van der Waals surface area contributed by atoms with Gasteiger partial charge in [-0.15, -0.1) is 0 Å². The van der Waals surface area contributed by atoms with E-state index in [1.54, 1.807) is 0 Å². The smallest absolute Gasteiger partial charge is 0.0591 e. The summed E-state index contributed by atoms with van der Waals surface area (Å²) < 4.78 is 10.9. The van der Waals surface area contributed by atoms with Crippen molar-refractivity contribution in [3.05, 3.63) is 132 Å². The molecule has 0 N–H and O–H groups in total. The molecule has 4 aromatic rings. The zero-order valence-electron chi connectivity index (χ0n) is 22.3. The Kier molecular flexibility index (Phi) is 14.6. The summed E-state index contributed by atoms with van der Waals surface area (Å²) in [6.07, 6.45) is 2.45. The van der Waals surface area contributed by atoms with E-state index in [-0.39, 0.29) is 12.2 Å². The minimum Gasteiger partial charge on any atom is -0.382 e. The van der Waals surface area contributed by atoms with Gasteiger partial charge in [0, 0.05) is 13.2 Å². The quantitative estimate of drug-likeness (QED) is 0.238. The Bertz CT molecular complexity index is 933. The van der Waals surface area contributed by atoms with E-state index in [1.807, 2.05) is 38.1 Å². The van der Waals surface area contributed by atoms with Crippen LogP contribution in [0.3, 0.4) is 0 Å². The summed E-state index contributed by atoms with van der Waals surface area (Å²) in [7, 11) is 0. The minimum atomic E-state index is 0.251. The van der Waals surface area contributed by atoms with Crippen LogP contribution in [0, 0.1) is 0 Å². The first-order valence-electron chi connectivity index (χ1n) is 13.0. The van der Waals surface area contributed by atoms with Crippen LogP contribution in [0.25, 0.3) is 11.1 Å². The summed E-state index contributed by atoms with van der Waals surface area (Å²) >= 11 is 0. The van der Waals surface area contributed by atoms with Gasteiger partial charge in [0.1, 0.15) is 0 Å². The highest BCUT2D eigenvalue weighted by Crippen LogP contribution is 2.17. The van der Waals surface area contributed by atoms with E-state index >= 15 is 0 Å². The van der Waals surface area contributed by atoms with Gasteiger partial charge < -0.3 is 9.47 Å². The lowest BCUT2D eigenvalue weighted by atomic mass is 10.1. The highest BCUT2D eigenvalue weighted by Gasteiger charge is 2.10. The SMILES string of the molecule is CC(Cc1ccccc1)OC(C)Cc1ccccc1.CCOCC.c1ccc(-c2ccccc2)cc1. The molecule has 0 aromatic heterocycles. The first-order valence-corrected chi connectivity index (χ1v) is 13.0. The molecule has 2 atom stereocenters. The van der Waals surface area contributed by atoms with E-state index in [9.17, 15) is 0 Å². The van der Waals surface area contributed by atoms with Crippen molar-refractivity contribution < 1.29 is 9.47 Å². The van der Waals surface area contributed by atoms with Crippen molar-refractivity contribution in [2.45, 2.75) is 52.7 Å². The topological polar surface area (TPSA) is 18.5 Å². The van der Waals surface area contributed by atoms with Crippen molar-refractivity contribution in [1.29, 1.82) is 0 Å². The van der Waals surface area contributed by atoms with Crippen LogP contribution >= 0.6 is 0 Å². The summed E-state index contributed by atoms with van der Waals surface area (Å²) in [6, 6.07) is 41.8. The molecule has 0 amide bonds. The Labute approximate surface area is 218 Å². The van der Waals surface area contributed by atoms with Crippen molar-refractivity contribution in [3.8, 4) is 11.1 Å². The molecule has 0 bridgehead atoms. The first kappa shape index (κ1) is 29.0. The number of ether oxygens (including phenoxy) is 2. The van der Waals surface area contributed by atoms with E-state index in [0.29, 0.717) is 0 Å². The lowest BCUT2D eigenvalue weighted by molar-refractivity contribution is 0.00945. The van der Waals surface area contributed by atoms with Crippen LogP contribution in [-0.4, -0.2) is 25.4 Å². The zero-order chi connectivity index (χ0) is 25.8. The highest BCUT2D eigenvalue weighted by molar-refractivity contribution is 5.62. The number of rotatable bonds is 9. The molecule has 0 aliphatic heterocycles. The van der Waals surface area contributed by atoms with Crippen molar-refractivity contribution in [3.63, 3.8) is 0 Å². The molecule has 0 fully saturated rings. The van der Waals surface area contributed by atoms with Crippen molar-refractivity contribution in [2.24, 2.45) is 0 Å². The maximum Gasteiger partial charge on any atom is 0.0591 e. The normalized spacial score (nSPS) is 11.8. The van der Waals surface area contributed by atoms with Crippen LogP contribution in [0.4, 0.5) is 0 Å². The molecule has 2 unspecified atom stereocenters. The lowest BCUT2D eigenvalue weighted by Gasteiger charge is -2.19. The third-order valence-electron chi connectivity index (χ3n) is 5.49. The predicted octanol–water partition coefficient (Wildman–Crippen LogP) is 8.66. The van der Waals surface area contributed by atoms with E-state index in [2.05, 4.69) is 111 Å². The third-order valence-corrected chi connectivity index (χ3v) is 5.49. The molecule has 2 nitrogen and oxygen atoms in total. The number of hydrogen-bond acceptors (Lipinski definition) is 2. The second-order valence-electron chi connectivity index (χ2n) is 8.65. The van der Waals surface area contributed by atoms with Crippen LogP contribution in [0.1, 0.15) is 38.8 Å². The second kappa shape index (κ2) is 18.1. The lowest BCUT2D eigenvalue weighted by Crippen LogP contribution is -2.21. The van der Waals surface area contributed by atoms with Crippen LogP contribution < -0.4 is 0 Å². The Morgan fingerprint density at radius 3 is 1.06 bits per heavy atom. The second-order valence-corrected chi connectivity index (χ2v) is 8.65. The van der Waals surface area contributed by atoms with Crippen molar-refractivity contribution >= 4 is 0 Å². The fourth-order valence-electron chi connectivity index (χ4n) is 3.85. The highest BCUT2D eigenvalue weighted by atomic mass is 16.5. The molecule has 36 heavy (non-hydrogen) atoms. The first-order chi connectivity index (χ1) is 17.6. The molecule has 2 heteroatoms. The summed E-state index contributed by atoms with van der Waals surface area (Å²) in [5.41, 5.74) is 5.22. The molecular weight excluding hydrogens is 440 g/mol. The van der Waals surface area contributed by atoms with Gasteiger partial charge >= 0.3 is 0 Å². The summed E-state index contributed by atoms with van der Waals surface area (Å²) in [4.78, 5) is 0. The molecule has 0 spiro atoms. The van der Waals surface area contributed by atoms with Gasteiger partial charge in [0.25, 0.3) is 0 Å². The van der Waals surface area contributed by atoms with Crippen molar-refractivity contribution in [2.75, 3.05) is 13.2 Å². The molecular formula is C34H42O2. The maximum atomic E-state index is 6.06. The summed E-state index contributed by atoms with van der Waals surface area (Å²) in [5, 5.41) is 0. The number of hydrogen-bond donors (Lipinski definition) is 0. The Morgan fingerprint density at radius 2 is 0.778 bits per heavy atom. The van der Waals surface area contributed by atoms with E-state index < -0.39 is 0 Å². The van der Waals surface area contributed by atoms with Gasteiger partial charge in [-0.1, -0.05) is 121 Å². The zero-order valence-corrected chi connectivity index (χ0v) is 22.3. The average molecular weight is 483 g/mol. The molecule has 4 aromatic carbocycles. The summed E-state index contributed by atoms with van der Waals surface area (Å²) in [5.74, 6) is 0. The van der Waals surface area contributed by atoms with E-state index in [4.69, 9.17) is 9.47 Å². The molecule has 190 valence electrons. The Hall–Kier alpha value is -3.20. The molecule has 0 saturated carbocycles. The molecule has 0 aliphatic carbocycles. The van der Waals surface area contributed by atoms with Crippen LogP contribution in [0.5, 0.6) is 0 Å². The Balaban J connectivity index is 0.000000228. The van der Waals surface area contributed by atoms with Gasteiger partial charge in [0.15, 0.2) is 0 Å². The molecule has 0 radical (unpaired) electrons. The van der Waals surface area contributed by atoms with Gasteiger partial charge in [-0.2, -0.15) is 0 Å². The molecule has 0 saturated heterocycles.